The Labute approximate surface area is 127 Å². The third-order valence-corrected chi connectivity index (χ3v) is 5.00. The molecule has 2 nitrogen and oxygen atoms in total. The highest BCUT2D eigenvalue weighted by Crippen LogP contribution is 2.38. The molecule has 116 valence electrons. The first kappa shape index (κ1) is 15.0. The van der Waals surface area contributed by atoms with Gasteiger partial charge < -0.3 is 5.32 Å². The van der Waals surface area contributed by atoms with E-state index < -0.39 is 0 Å². The first-order valence-corrected chi connectivity index (χ1v) is 8.16. The maximum Gasteiger partial charge on any atom is 0.127 e. The van der Waals surface area contributed by atoms with Crippen molar-refractivity contribution < 1.29 is 4.39 Å². The van der Waals surface area contributed by atoms with E-state index in [9.17, 15) is 4.39 Å². The fraction of sp³-hybridized carbons (Fsp3) is 0.667. The van der Waals surface area contributed by atoms with Crippen LogP contribution in [-0.2, 0) is 6.54 Å². The van der Waals surface area contributed by atoms with Crippen LogP contribution in [0, 0.1) is 17.2 Å². The molecule has 1 aromatic rings. The summed E-state index contributed by atoms with van der Waals surface area (Å²) < 4.78 is 14.0. The van der Waals surface area contributed by atoms with Crippen LogP contribution in [0.2, 0.25) is 0 Å². The van der Waals surface area contributed by atoms with Gasteiger partial charge in [-0.1, -0.05) is 39.0 Å². The highest BCUT2D eigenvalue weighted by atomic mass is 19.1. The van der Waals surface area contributed by atoms with Crippen molar-refractivity contribution in [2.75, 3.05) is 13.1 Å². The number of nitrogens with zero attached hydrogens (tertiary/aromatic N) is 1. The molecule has 1 saturated heterocycles. The number of hydrogen-bond acceptors (Lipinski definition) is 2. The van der Waals surface area contributed by atoms with Crippen LogP contribution in [0.4, 0.5) is 4.39 Å². The molecule has 1 N–H and O–H groups in total. The third-order valence-electron chi connectivity index (χ3n) is 5.00. The van der Waals surface area contributed by atoms with Crippen LogP contribution >= 0.6 is 0 Å². The lowest BCUT2D eigenvalue weighted by molar-refractivity contribution is 0.0680. The van der Waals surface area contributed by atoms with Crippen LogP contribution in [0.15, 0.2) is 24.3 Å². The van der Waals surface area contributed by atoms with Gasteiger partial charge in [0.2, 0.25) is 0 Å². The molecule has 2 unspecified atom stereocenters. The van der Waals surface area contributed by atoms with Crippen LogP contribution in [0.25, 0.3) is 0 Å². The minimum absolute atomic E-state index is 0.0714. The quantitative estimate of drug-likeness (QED) is 0.917. The normalized spacial score (nSPS) is 27.8. The van der Waals surface area contributed by atoms with Crippen molar-refractivity contribution in [3.63, 3.8) is 0 Å². The van der Waals surface area contributed by atoms with Gasteiger partial charge in [-0.2, -0.15) is 0 Å². The number of hydrogen-bond donors (Lipinski definition) is 1. The summed E-state index contributed by atoms with van der Waals surface area (Å²) in [5.74, 6) is 0.739. The lowest BCUT2D eigenvalue weighted by Gasteiger charge is -2.45. The van der Waals surface area contributed by atoms with Crippen molar-refractivity contribution in [2.45, 2.75) is 52.2 Å². The standard InChI is InChI=1S/C18H27FN2/c1-18(2,3)17-12-21(16(10-20-17)13-8-9-13)11-14-6-4-5-7-15(14)19/h4-7,13,16-17,20H,8-12H2,1-3H3. The highest BCUT2D eigenvalue weighted by Gasteiger charge is 2.41. The lowest BCUT2D eigenvalue weighted by Crippen LogP contribution is -2.60. The molecule has 1 aliphatic carbocycles. The molecule has 1 saturated carbocycles. The maximum atomic E-state index is 14.0. The zero-order chi connectivity index (χ0) is 15.0. The molecule has 3 heteroatoms. The van der Waals surface area contributed by atoms with E-state index in [0.717, 1.165) is 31.1 Å². The average molecular weight is 290 g/mol. The first-order chi connectivity index (χ1) is 9.95. The predicted octanol–water partition coefficient (Wildman–Crippen LogP) is 3.42. The lowest BCUT2D eigenvalue weighted by atomic mass is 9.84. The van der Waals surface area contributed by atoms with Gasteiger partial charge in [0.1, 0.15) is 5.82 Å². The van der Waals surface area contributed by atoms with E-state index >= 15 is 0 Å². The maximum absolute atomic E-state index is 14.0. The second-order valence-corrected chi connectivity index (χ2v) is 7.75. The van der Waals surface area contributed by atoms with Crippen molar-refractivity contribution in [1.82, 2.24) is 10.2 Å². The number of piperazine rings is 1. The fourth-order valence-corrected chi connectivity index (χ4v) is 3.38. The summed E-state index contributed by atoms with van der Waals surface area (Å²) in [6.45, 7) is 9.64. The summed E-state index contributed by atoms with van der Waals surface area (Å²) in [6.07, 6.45) is 2.67. The van der Waals surface area contributed by atoms with Crippen molar-refractivity contribution >= 4 is 0 Å². The van der Waals surface area contributed by atoms with Gasteiger partial charge in [0.25, 0.3) is 0 Å². The molecule has 1 aromatic carbocycles. The number of nitrogens with one attached hydrogen (secondary N) is 1. The minimum atomic E-state index is -0.0714. The topological polar surface area (TPSA) is 15.3 Å². The Hall–Kier alpha value is -0.930. The Kier molecular flexibility index (Phi) is 4.06. The Bertz CT molecular complexity index is 490. The second-order valence-electron chi connectivity index (χ2n) is 7.75. The van der Waals surface area contributed by atoms with Crippen LogP contribution in [0.1, 0.15) is 39.2 Å². The van der Waals surface area contributed by atoms with Gasteiger partial charge >= 0.3 is 0 Å². The molecule has 21 heavy (non-hydrogen) atoms. The molecule has 2 aliphatic rings. The molecule has 0 aromatic heterocycles. The summed E-state index contributed by atoms with van der Waals surface area (Å²) in [6, 6.07) is 8.25. The van der Waals surface area contributed by atoms with E-state index in [0.29, 0.717) is 12.1 Å². The van der Waals surface area contributed by atoms with Gasteiger partial charge in [-0.25, -0.2) is 4.39 Å². The summed E-state index contributed by atoms with van der Waals surface area (Å²) in [5, 5.41) is 3.73. The largest absolute Gasteiger partial charge is 0.311 e. The second kappa shape index (κ2) is 5.69. The fourth-order valence-electron chi connectivity index (χ4n) is 3.38. The van der Waals surface area contributed by atoms with Crippen LogP contribution in [0.5, 0.6) is 0 Å². The minimum Gasteiger partial charge on any atom is -0.311 e. The van der Waals surface area contributed by atoms with Crippen molar-refractivity contribution in [1.29, 1.82) is 0 Å². The molecular weight excluding hydrogens is 263 g/mol. The molecule has 0 spiro atoms. The summed E-state index contributed by atoms with van der Waals surface area (Å²) in [4.78, 5) is 2.52. The summed E-state index contributed by atoms with van der Waals surface area (Å²) >= 11 is 0. The Morgan fingerprint density at radius 1 is 1.24 bits per heavy atom. The van der Waals surface area contributed by atoms with E-state index in [1.165, 1.54) is 12.8 Å². The zero-order valence-electron chi connectivity index (χ0n) is 13.4. The molecule has 2 atom stereocenters. The van der Waals surface area contributed by atoms with E-state index in [1.807, 2.05) is 12.1 Å². The average Bonchev–Trinajstić information content (AvgIpc) is 3.25. The molecule has 0 radical (unpaired) electrons. The molecule has 0 bridgehead atoms. The summed E-state index contributed by atoms with van der Waals surface area (Å²) in [7, 11) is 0. The van der Waals surface area contributed by atoms with Crippen LogP contribution in [0.3, 0.4) is 0 Å². The molecule has 1 heterocycles. The van der Waals surface area contributed by atoms with Gasteiger partial charge in [-0.3, -0.25) is 4.90 Å². The zero-order valence-corrected chi connectivity index (χ0v) is 13.4. The third kappa shape index (κ3) is 3.46. The molecule has 2 fully saturated rings. The van der Waals surface area contributed by atoms with Crippen LogP contribution in [-0.4, -0.2) is 30.1 Å². The van der Waals surface area contributed by atoms with Crippen molar-refractivity contribution in [3.05, 3.63) is 35.6 Å². The number of rotatable bonds is 3. The Morgan fingerprint density at radius 2 is 1.95 bits per heavy atom. The summed E-state index contributed by atoms with van der Waals surface area (Å²) in [5.41, 5.74) is 1.07. The van der Waals surface area contributed by atoms with E-state index in [-0.39, 0.29) is 11.2 Å². The molecule has 3 rings (SSSR count). The number of halogens is 1. The van der Waals surface area contributed by atoms with Gasteiger partial charge in [-0.15, -0.1) is 0 Å². The first-order valence-electron chi connectivity index (χ1n) is 8.16. The van der Waals surface area contributed by atoms with Gasteiger partial charge in [0, 0.05) is 37.3 Å². The smallest absolute Gasteiger partial charge is 0.127 e. The van der Waals surface area contributed by atoms with Crippen molar-refractivity contribution in [3.8, 4) is 0 Å². The van der Waals surface area contributed by atoms with Crippen molar-refractivity contribution in [2.24, 2.45) is 11.3 Å². The van der Waals surface area contributed by atoms with Crippen LogP contribution < -0.4 is 5.32 Å². The molecular formula is C18H27FN2. The monoisotopic (exact) mass is 290 g/mol. The Balaban J connectivity index is 1.76. The van der Waals surface area contributed by atoms with Gasteiger partial charge in [0.15, 0.2) is 0 Å². The van der Waals surface area contributed by atoms with E-state index in [4.69, 9.17) is 0 Å². The van der Waals surface area contributed by atoms with Gasteiger partial charge in [-0.05, 0) is 30.2 Å². The molecule has 0 amide bonds. The highest BCUT2D eigenvalue weighted by molar-refractivity contribution is 5.18. The predicted molar refractivity (Wildman–Crippen MR) is 84.6 cm³/mol. The Morgan fingerprint density at radius 3 is 2.57 bits per heavy atom. The van der Waals surface area contributed by atoms with Gasteiger partial charge in [0.05, 0.1) is 0 Å². The van der Waals surface area contributed by atoms with E-state index in [2.05, 4.69) is 31.0 Å². The SMILES string of the molecule is CC(C)(C)C1CN(Cc2ccccc2F)C(C2CC2)CN1. The van der Waals surface area contributed by atoms with E-state index in [1.54, 1.807) is 12.1 Å². The number of benzene rings is 1. The molecule has 1 aliphatic heterocycles.